The maximum Gasteiger partial charge on any atom is 0.324 e. The second kappa shape index (κ2) is 10.7. The van der Waals surface area contributed by atoms with Gasteiger partial charge in [0.15, 0.2) is 0 Å². The minimum atomic E-state index is -4.40. The molecule has 0 atom stereocenters. The lowest BCUT2D eigenvalue weighted by Crippen LogP contribution is -2.36. The van der Waals surface area contributed by atoms with Crippen molar-refractivity contribution in [3.05, 3.63) is 100 Å². The first kappa shape index (κ1) is 26.3. The quantitative estimate of drug-likeness (QED) is 0.263. The molecule has 0 bridgehead atoms. The number of anilines is 2. The summed E-state index contributed by atoms with van der Waals surface area (Å²) in [6.45, 7) is -0.675. The number of carboxylic acids is 1. The number of rotatable bonds is 8. The fraction of sp³-hybridized carbons (Fsp3) is 0.0769. The van der Waals surface area contributed by atoms with Gasteiger partial charge in [-0.1, -0.05) is 65.7 Å². The van der Waals surface area contributed by atoms with Crippen LogP contribution in [-0.2, 0) is 21.4 Å². The first-order valence-electron chi connectivity index (χ1n) is 10.9. The van der Waals surface area contributed by atoms with Crippen molar-refractivity contribution in [1.29, 1.82) is 0 Å². The first-order chi connectivity index (χ1) is 17.6. The van der Waals surface area contributed by atoms with Crippen LogP contribution in [-0.4, -0.2) is 31.9 Å². The third-order valence-corrected chi connectivity index (χ3v) is 7.78. The normalized spacial score (nSPS) is 11.3. The number of amides is 1. The number of para-hydroxylation sites is 1. The number of benzene rings is 4. The van der Waals surface area contributed by atoms with Gasteiger partial charge in [-0.3, -0.25) is 13.9 Å². The molecule has 0 aliphatic rings. The maximum absolute atomic E-state index is 13.6. The Balaban J connectivity index is 1.78. The van der Waals surface area contributed by atoms with Crippen molar-refractivity contribution >= 4 is 67.2 Å². The lowest BCUT2D eigenvalue weighted by Gasteiger charge is -2.25. The van der Waals surface area contributed by atoms with Gasteiger partial charge in [0.25, 0.3) is 15.9 Å². The van der Waals surface area contributed by atoms with E-state index in [-0.39, 0.29) is 32.7 Å². The van der Waals surface area contributed by atoms with Crippen LogP contribution in [0.15, 0.2) is 83.8 Å². The molecule has 0 saturated heterocycles. The molecule has 0 aromatic heterocycles. The van der Waals surface area contributed by atoms with Crippen molar-refractivity contribution in [3.63, 3.8) is 0 Å². The van der Waals surface area contributed by atoms with E-state index in [1.54, 1.807) is 48.5 Å². The molecule has 8 nitrogen and oxygen atoms in total. The molecule has 0 saturated carbocycles. The summed E-state index contributed by atoms with van der Waals surface area (Å²) in [5.41, 5.74) is 7.61. The monoisotopic (exact) mass is 557 g/mol. The topological polar surface area (TPSA) is 130 Å². The average Bonchev–Trinajstić information content (AvgIpc) is 2.85. The minimum Gasteiger partial charge on any atom is -0.480 e. The Kier molecular flexibility index (Phi) is 7.58. The number of carbonyl (C=O) groups is 2. The fourth-order valence-corrected chi connectivity index (χ4v) is 6.06. The molecular weight excluding hydrogens is 537 g/mol. The first-order valence-corrected chi connectivity index (χ1v) is 13.1. The summed E-state index contributed by atoms with van der Waals surface area (Å²) in [4.78, 5) is 24.5. The second-order valence-electron chi connectivity index (χ2n) is 8.07. The van der Waals surface area contributed by atoms with E-state index in [0.29, 0.717) is 16.5 Å². The zero-order chi connectivity index (χ0) is 26.7. The van der Waals surface area contributed by atoms with Gasteiger partial charge in [-0.05, 0) is 47.3 Å². The number of nitrogens with two attached hydrogens (primary N) is 1. The summed E-state index contributed by atoms with van der Waals surface area (Å²) < 4.78 is 27.9. The van der Waals surface area contributed by atoms with Crippen molar-refractivity contribution in [3.8, 4) is 0 Å². The van der Waals surface area contributed by atoms with Gasteiger partial charge in [-0.15, -0.1) is 0 Å². The number of aliphatic carboxylic acids is 1. The van der Waals surface area contributed by atoms with E-state index in [1.165, 1.54) is 24.3 Å². The van der Waals surface area contributed by atoms with Crippen LogP contribution < -0.4 is 15.4 Å². The van der Waals surface area contributed by atoms with Crippen molar-refractivity contribution < 1.29 is 23.1 Å². The molecule has 0 unspecified atom stereocenters. The van der Waals surface area contributed by atoms with Gasteiger partial charge in [-0.25, -0.2) is 8.42 Å². The third-order valence-electron chi connectivity index (χ3n) is 5.61. The van der Waals surface area contributed by atoms with E-state index in [0.717, 1.165) is 9.87 Å². The average molecular weight is 558 g/mol. The Hall–Kier alpha value is -3.79. The van der Waals surface area contributed by atoms with Crippen molar-refractivity contribution in [2.75, 3.05) is 16.6 Å². The lowest BCUT2D eigenvalue weighted by molar-refractivity contribution is -0.135. The maximum atomic E-state index is 13.6. The van der Waals surface area contributed by atoms with Crippen LogP contribution in [0.1, 0.15) is 15.9 Å². The number of nitrogens with one attached hydrogen (secondary N) is 1. The highest BCUT2D eigenvalue weighted by Gasteiger charge is 2.29. The SMILES string of the molecule is Nc1ccccc1CNC(=O)c1cccc2c(N(CC(=O)O)S(=O)(=O)c3cc(Cl)cc(Cl)c3)cccc12. The van der Waals surface area contributed by atoms with E-state index < -0.39 is 28.4 Å². The number of nitrogen functional groups attached to an aromatic ring is 1. The summed E-state index contributed by atoms with van der Waals surface area (Å²) in [7, 11) is -4.40. The molecule has 4 aromatic rings. The molecular formula is C26H21Cl2N3O5S. The Morgan fingerprint density at radius 3 is 2.22 bits per heavy atom. The van der Waals surface area contributed by atoms with Gasteiger partial charge in [-0.2, -0.15) is 0 Å². The molecule has 0 radical (unpaired) electrons. The Labute approximate surface area is 223 Å². The summed E-state index contributed by atoms with van der Waals surface area (Å²) in [5, 5.41) is 13.3. The molecule has 37 heavy (non-hydrogen) atoms. The van der Waals surface area contributed by atoms with Crippen LogP contribution in [0.25, 0.3) is 10.8 Å². The van der Waals surface area contributed by atoms with E-state index in [9.17, 15) is 23.1 Å². The molecule has 0 aliphatic carbocycles. The number of nitrogens with zero attached hydrogens (tertiary/aromatic N) is 1. The predicted octanol–water partition coefficient (Wildman–Crippen LogP) is 4.94. The minimum absolute atomic E-state index is 0.0808. The lowest BCUT2D eigenvalue weighted by atomic mass is 10.0. The standard InChI is InChI=1S/C26H21Cl2N3O5S/c27-17-11-18(28)13-19(12-17)37(35,36)31(15-25(32)33)24-10-4-6-20-21(24)7-3-8-22(20)26(34)30-14-16-5-1-2-9-23(16)29/h1-13H,14-15,29H2,(H,30,34)(H,32,33). The largest absolute Gasteiger partial charge is 0.480 e. The van der Waals surface area contributed by atoms with Gasteiger partial charge >= 0.3 is 5.97 Å². The van der Waals surface area contributed by atoms with Crippen LogP contribution in [0, 0.1) is 0 Å². The highest BCUT2D eigenvalue weighted by atomic mass is 35.5. The molecule has 4 N–H and O–H groups in total. The number of fused-ring (bicyclic) bond motifs is 1. The molecule has 0 heterocycles. The van der Waals surface area contributed by atoms with Crippen LogP contribution in [0.3, 0.4) is 0 Å². The third kappa shape index (κ3) is 5.64. The van der Waals surface area contributed by atoms with Gasteiger partial charge < -0.3 is 16.2 Å². The van der Waals surface area contributed by atoms with Crippen molar-refractivity contribution in [1.82, 2.24) is 5.32 Å². The van der Waals surface area contributed by atoms with E-state index in [2.05, 4.69) is 5.32 Å². The number of hydrogen-bond acceptors (Lipinski definition) is 5. The molecule has 1 amide bonds. The zero-order valence-electron chi connectivity index (χ0n) is 19.2. The molecule has 4 rings (SSSR count). The number of sulfonamides is 1. The summed E-state index contributed by atoms with van der Waals surface area (Å²) in [5.74, 6) is -1.77. The number of halogens is 2. The highest BCUT2D eigenvalue weighted by molar-refractivity contribution is 7.92. The Morgan fingerprint density at radius 1 is 0.892 bits per heavy atom. The van der Waals surface area contributed by atoms with Crippen LogP contribution >= 0.6 is 23.2 Å². The zero-order valence-corrected chi connectivity index (χ0v) is 21.5. The number of hydrogen-bond donors (Lipinski definition) is 3. The van der Waals surface area contributed by atoms with Crippen LogP contribution in [0.5, 0.6) is 0 Å². The highest BCUT2D eigenvalue weighted by Crippen LogP contribution is 2.34. The molecule has 0 spiro atoms. The van der Waals surface area contributed by atoms with Gasteiger partial charge in [0, 0.05) is 33.2 Å². The van der Waals surface area contributed by atoms with Crippen LogP contribution in [0.4, 0.5) is 11.4 Å². The number of carbonyl (C=O) groups excluding carboxylic acids is 1. The van der Waals surface area contributed by atoms with Gasteiger partial charge in [0.05, 0.1) is 10.6 Å². The van der Waals surface area contributed by atoms with E-state index >= 15 is 0 Å². The summed E-state index contributed by atoms with van der Waals surface area (Å²) in [6, 6.07) is 20.4. The predicted molar refractivity (Wildman–Crippen MR) is 145 cm³/mol. The van der Waals surface area contributed by atoms with Crippen molar-refractivity contribution in [2.45, 2.75) is 11.4 Å². The molecule has 11 heteroatoms. The molecule has 0 fully saturated rings. The van der Waals surface area contributed by atoms with E-state index in [4.69, 9.17) is 28.9 Å². The fourth-order valence-electron chi connectivity index (χ4n) is 3.90. The molecule has 190 valence electrons. The van der Waals surface area contributed by atoms with Crippen molar-refractivity contribution in [2.24, 2.45) is 0 Å². The van der Waals surface area contributed by atoms with E-state index in [1.807, 2.05) is 6.07 Å². The number of carboxylic acid groups (broad SMARTS) is 1. The van der Waals surface area contributed by atoms with Gasteiger partial charge in [0.2, 0.25) is 0 Å². The summed E-state index contributed by atoms with van der Waals surface area (Å²) in [6.07, 6.45) is 0. The van der Waals surface area contributed by atoms with Gasteiger partial charge in [0.1, 0.15) is 6.54 Å². The molecule has 4 aromatic carbocycles. The smallest absolute Gasteiger partial charge is 0.324 e. The Morgan fingerprint density at radius 2 is 1.54 bits per heavy atom. The second-order valence-corrected chi connectivity index (χ2v) is 10.8. The Bertz CT molecular complexity index is 1610. The van der Waals surface area contributed by atoms with Crippen LogP contribution in [0.2, 0.25) is 10.0 Å². The summed E-state index contributed by atoms with van der Waals surface area (Å²) >= 11 is 12.0. The molecule has 0 aliphatic heterocycles.